The fourth-order valence-corrected chi connectivity index (χ4v) is 2.59. The molecule has 3 rings (SSSR count). The number of phenols is 1. The number of carbonyl (C=O) groups is 2. The fourth-order valence-electron chi connectivity index (χ4n) is 2.59. The van der Waals surface area contributed by atoms with Crippen molar-refractivity contribution >= 4 is 17.5 Å². The average molecular weight is 324 g/mol. The molecule has 2 N–H and O–H groups in total. The Kier molecular flexibility index (Phi) is 4.51. The molecule has 24 heavy (non-hydrogen) atoms. The number of aromatic hydroxyl groups is 1. The number of rotatable bonds is 5. The van der Waals surface area contributed by atoms with Crippen LogP contribution in [-0.4, -0.2) is 27.9 Å². The Hall–Kier alpha value is -2.82. The highest BCUT2D eigenvalue weighted by Crippen LogP contribution is 2.29. The van der Waals surface area contributed by atoms with Crippen LogP contribution in [0.4, 0.5) is 10.5 Å². The van der Waals surface area contributed by atoms with Crippen molar-refractivity contribution in [3.8, 4) is 5.75 Å². The van der Waals surface area contributed by atoms with Crippen molar-refractivity contribution in [2.24, 2.45) is 0 Å². The summed E-state index contributed by atoms with van der Waals surface area (Å²) in [6.07, 6.45) is 1.99. The van der Waals surface area contributed by atoms with Crippen LogP contribution < -0.4 is 5.32 Å². The first kappa shape index (κ1) is 16.1. The summed E-state index contributed by atoms with van der Waals surface area (Å²) in [6, 6.07) is 13.9. The van der Waals surface area contributed by atoms with Crippen LogP contribution in [0.2, 0.25) is 0 Å². The minimum atomic E-state index is -0.170. The van der Waals surface area contributed by atoms with Gasteiger partial charge in [0.2, 0.25) is 0 Å². The van der Waals surface area contributed by atoms with E-state index in [2.05, 4.69) is 5.32 Å². The second-order valence-corrected chi connectivity index (χ2v) is 6.09. The van der Waals surface area contributed by atoms with E-state index in [-0.39, 0.29) is 23.6 Å². The molecule has 1 aliphatic carbocycles. The Morgan fingerprint density at radius 3 is 2.46 bits per heavy atom. The summed E-state index contributed by atoms with van der Waals surface area (Å²) in [5.74, 6) is 0.194. The van der Waals surface area contributed by atoms with Gasteiger partial charge in [-0.05, 0) is 61.7 Å². The topological polar surface area (TPSA) is 69.6 Å². The lowest BCUT2D eigenvalue weighted by Crippen LogP contribution is -2.36. The molecule has 0 aliphatic heterocycles. The number of carbonyl (C=O) groups excluding carboxylic acids is 2. The minimum Gasteiger partial charge on any atom is -0.508 e. The number of nitrogens with zero attached hydrogens (tertiary/aromatic N) is 1. The quantitative estimate of drug-likeness (QED) is 0.822. The lowest BCUT2D eigenvalue weighted by atomic mass is 10.1. The van der Waals surface area contributed by atoms with Gasteiger partial charge in [-0.1, -0.05) is 12.1 Å². The number of anilines is 1. The van der Waals surface area contributed by atoms with E-state index >= 15 is 0 Å². The summed E-state index contributed by atoms with van der Waals surface area (Å²) in [6.45, 7) is 1.97. The van der Waals surface area contributed by atoms with Gasteiger partial charge in [0.15, 0.2) is 5.78 Å². The van der Waals surface area contributed by atoms with Gasteiger partial charge in [0.25, 0.3) is 0 Å². The smallest absolute Gasteiger partial charge is 0.322 e. The first-order valence-electron chi connectivity index (χ1n) is 7.99. The van der Waals surface area contributed by atoms with Crippen LogP contribution in [0.1, 0.15) is 35.7 Å². The number of phenolic OH excluding ortho intramolecular Hbond substituents is 1. The summed E-state index contributed by atoms with van der Waals surface area (Å²) >= 11 is 0. The zero-order valence-corrected chi connectivity index (χ0v) is 13.5. The second-order valence-electron chi connectivity index (χ2n) is 6.09. The van der Waals surface area contributed by atoms with E-state index in [4.69, 9.17) is 0 Å². The summed E-state index contributed by atoms with van der Waals surface area (Å²) in [5, 5.41) is 12.5. The van der Waals surface area contributed by atoms with E-state index in [9.17, 15) is 14.7 Å². The molecule has 2 amide bonds. The Balaban J connectivity index is 1.69. The van der Waals surface area contributed by atoms with Crippen LogP contribution in [0.15, 0.2) is 48.5 Å². The molecule has 0 spiro atoms. The van der Waals surface area contributed by atoms with Gasteiger partial charge in [-0.2, -0.15) is 0 Å². The Morgan fingerprint density at radius 2 is 1.88 bits per heavy atom. The monoisotopic (exact) mass is 324 g/mol. The van der Waals surface area contributed by atoms with Crippen LogP contribution in [0.5, 0.6) is 5.75 Å². The molecule has 0 radical (unpaired) electrons. The molecule has 0 bridgehead atoms. The van der Waals surface area contributed by atoms with Crippen LogP contribution in [-0.2, 0) is 6.54 Å². The molecule has 1 aliphatic rings. The van der Waals surface area contributed by atoms with E-state index in [1.165, 1.54) is 6.92 Å². The number of ketones is 1. The van der Waals surface area contributed by atoms with Crippen molar-refractivity contribution in [3.05, 3.63) is 59.7 Å². The van der Waals surface area contributed by atoms with Gasteiger partial charge < -0.3 is 15.3 Å². The highest BCUT2D eigenvalue weighted by Gasteiger charge is 2.32. The van der Waals surface area contributed by atoms with Crippen molar-refractivity contribution in [2.75, 3.05) is 5.32 Å². The zero-order chi connectivity index (χ0) is 17.1. The highest BCUT2D eigenvalue weighted by molar-refractivity contribution is 5.95. The molecule has 5 nitrogen and oxygen atoms in total. The molecule has 0 unspecified atom stereocenters. The molecular weight excluding hydrogens is 304 g/mol. The SMILES string of the molecule is CC(=O)c1ccc(NC(=O)N(Cc2cccc(O)c2)C2CC2)cc1. The van der Waals surface area contributed by atoms with Crippen LogP contribution >= 0.6 is 0 Å². The minimum absolute atomic E-state index is 0.00336. The number of hydrogen-bond acceptors (Lipinski definition) is 3. The third-order valence-corrected chi connectivity index (χ3v) is 4.05. The van der Waals surface area contributed by atoms with E-state index in [1.807, 2.05) is 6.07 Å². The van der Waals surface area contributed by atoms with Crippen molar-refractivity contribution in [1.82, 2.24) is 4.90 Å². The molecule has 1 fully saturated rings. The largest absolute Gasteiger partial charge is 0.508 e. The summed E-state index contributed by atoms with van der Waals surface area (Å²) in [7, 11) is 0. The zero-order valence-electron chi connectivity index (χ0n) is 13.5. The summed E-state index contributed by atoms with van der Waals surface area (Å²) in [4.78, 5) is 25.7. The number of hydrogen-bond donors (Lipinski definition) is 2. The molecular formula is C19H20N2O3. The molecule has 1 saturated carbocycles. The number of benzene rings is 2. The predicted octanol–water partition coefficient (Wildman–Crippen LogP) is 3.79. The predicted molar refractivity (Wildman–Crippen MR) is 92.1 cm³/mol. The first-order valence-corrected chi connectivity index (χ1v) is 7.99. The molecule has 0 heterocycles. The molecule has 0 atom stereocenters. The van der Waals surface area contributed by atoms with Gasteiger partial charge in [-0.25, -0.2) is 4.79 Å². The molecule has 0 aromatic heterocycles. The number of urea groups is 1. The van der Waals surface area contributed by atoms with Crippen LogP contribution in [0.25, 0.3) is 0 Å². The Labute approximate surface area is 140 Å². The third kappa shape index (κ3) is 3.93. The summed E-state index contributed by atoms with van der Waals surface area (Å²) < 4.78 is 0. The van der Waals surface area contributed by atoms with Gasteiger partial charge in [-0.3, -0.25) is 4.79 Å². The van der Waals surface area contributed by atoms with Crippen LogP contribution in [0, 0.1) is 0 Å². The molecule has 0 saturated heterocycles. The van der Waals surface area contributed by atoms with Crippen molar-refractivity contribution < 1.29 is 14.7 Å². The van der Waals surface area contributed by atoms with Crippen LogP contribution in [0.3, 0.4) is 0 Å². The normalized spacial score (nSPS) is 13.4. The molecule has 2 aromatic carbocycles. The maximum atomic E-state index is 12.6. The lowest BCUT2D eigenvalue weighted by Gasteiger charge is -2.23. The first-order chi connectivity index (χ1) is 11.5. The summed E-state index contributed by atoms with van der Waals surface area (Å²) in [5.41, 5.74) is 2.17. The standard InChI is InChI=1S/C19H20N2O3/c1-13(22)15-5-7-16(8-6-15)20-19(24)21(17-9-10-17)12-14-3-2-4-18(23)11-14/h2-8,11,17,23H,9-10,12H2,1H3,(H,20,24). The average Bonchev–Trinajstić information content (AvgIpc) is 3.38. The maximum Gasteiger partial charge on any atom is 0.322 e. The molecule has 124 valence electrons. The number of nitrogens with one attached hydrogen (secondary N) is 1. The van der Waals surface area contributed by atoms with E-state index in [1.54, 1.807) is 47.4 Å². The van der Waals surface area contributed by atoms with Gasteiger partial charge in [0.1, 0.15) is 5.75 Å². The number of Topliss-reactive ketones (excluding diaryl/α,β-unsaturated/α-hetero) is 1. The van der Waals surface area contributed by atoms with Gasteiger partial charge in [0, 0.05) is 23.8 Å². The fraction of sp³-hybridized carbons (Fsp3) is 0.263. The Morgan fingerprint density at radius 1 is 1.17 bits per heavy atom. The molecule has 2 aromatic rings. The molecule has 5 heteroatoms. The van der Waals surface area contributed by atoms with E-state index in [0.29, 0.717) is 17.8 Å². The van der Waals surface area contributed by atoms with E-state index in [0.717, 1.165) is 18.4 Å². The van der Waals surface area contributed by atoms with Crippen molar-refractivity contribution in [3.63, 3.8) is 0 Å². The van der Waals surface area contributed by atoms with E-state index < -0.39 is 0 Å². The highest BCUT2D eigenvalue weighted by atomic mass is 16.3. The maximum absolute atomic E-state index is 12.6. The number of amides is 2. The van der Waals surface area contributed by atoms with Gasteiger partial charge >= 0.3 is 6.03 Å². The van der Waals surface area contributed by atoms with Gasteiger partial charge in [0.05, 0.1) is 0 Å². The van der Waals surface area contributed by atoms with Gasteiger partial charge in [-0.15, -0.1) is 0 Å². The van der Waals surface area contributed by atoms with Crippen molar-refractivity contribution in [1.29, 1.82) is 0 Å². The Bertz CT molecular complexity index is 751. The van der Waals surface area contributed by atoms with Crippen molar-refractivity contribution in [2.45, 2.75) is 32.4 Å². The second kappa shape index (κ2) is 6.74. The third-order valence-electron chi connectivity index (χ3n) is 4.05. The lowest BCUT2D eigenvalue weighted by molar-refractivity contribution is 0.101.